The van der Waals surface area contributed by atoms with Crippen LogP contribution in [0, 0.1) is 17.1 Å². The molecule has 0 spiro atoms. The van der Waals surface area contributed by atoms with E-state index in [2.05, 4.69) is 5.32 Å². The van der Waals surface area contributed by atoms with Crippen LogP contribution in [-0.2, 0) is 4.79 Å². The first-order chi connectivity index (χ1) is 9.61. The molecule has 6 heteroatoms. The Morgan fingerprint density at radius 1 is 1.45 bits per heavy atom. The van der Waals surface area contributed by atoms with Crippen molar-refractivity contribution in [2.75, 3.05) is 33.3 Å². The van der Waals surface area contributed by atoms with Crippen molar-refractivity contribution in [2.45, 2.75) is 6.42 Å². The van der Waals surface area contributed by atoms with E-state index in [1.54, 1.807) is 19.2 Å². The van der Waals surface area contributed by atoms with Gasteiger partial charge in [0.2, 0.25) is 5.91 Å². The van der Waals surface area contributed by atoms with Crippen LogP contribution in [-0.4, -0.2) is 44.1 Å². The number of likely N-dealkylation sites (N-methyl/N-ethyl adjacent to an activating group) is 1. The van der Waals surface area contributed by atoms with Crippen molar-refractivity contribution in [3.8, 4) is 11.8 Å². The molecule has 1 aromatic rings. The van der Waals surface area contributed by atoms with Crippen LogP contribution < -0.4 is 10.1 Å². The van der Waals surface area contributed by atoms with Gasteiger partial charge in [0.15, 0.2) is 0 Å². The van der Waals surface area contributed by atoms with Crippen molar-refractivity contribution < 1.29 is 13.9 Å². The van der Waals surface area contributed by atoms with Crippen LogP contribution in [0.15, 0.2) is 24.3 Å². The molecule has 5 nitrogen and oxygen atoms in total. The summed E-state index contributed by atoms with van der Waals surface area (Å²) in [7, 11) is 1.80. The molecule has 0 radical (unpaired) electrons. The van der Waals surface area contributed by atoms with Crippen molar-refractivity contribution in [3.63, 3.8) is 0 Å². The summed E-state index contributed by atoms with van der Waals surface area (Å²) in [6.45, 7) is 1.60. The van der Waals surface area contributed by atoms with Crippen LogP contribution in [0.2, 0.25) is 0 Å². The number of benzene rings is 1. The summed E-state index contributed by atoms with van der Waals surface area (Å²) >= 11 is 0. The van der Waals surface area contributed by atoms with Gasteiger partial charge in [-0.25, -0.2) is 4.39 Å². The van der Waals surface area contributed by atoms with E-state index in [0.717, 1.165) is 0 Å². The van der Waals surface area contributed by atoms with Gasteiger partial charge in [-0.05, 0) is 31.3 Å². The lowest BCUT2D eigenvalue weighted by Gasteiger charge is -2.16. The average Bonchev–Trinajstić information content (AvgIpc) is 2.41. The van der Waals surface area contributed by atoms with Crippen LogP contribution in [0.1, 0.15) is 6.42 Å². The van der Waals surface area contributed by atoms with E-state index in [0.29, 0.717) is 31.9 Å². The maximum Gasteiger partial charge on any atom is 0.234 e. The fraction of sp³-hybridized carbons (Fsp3) is 0.429. The largest absolute Gasteiger partial charge is 0.492 e. The van der Waals surface area contributed by atoms with E-state index in [-0.39, 0.29) is 18.3 Å². The summed E-state index contributed by atoms with van der Waals surface area (Å²) in [6, 6.07) is 7.75. The molecule has 0 aliphatic heterocycles. The number of hydrogen-bond donors (Lipinski definition) is 1. The number of carbonyl (C=O) groups is 1. The van der Waals surface area contributed by atoms with Gasteiger partial charge in [-0.3, -0.25) is 9.69 Å². The first-order valence-electron chi connectivity index (χ1n) is 6.32. The Labute approximate surface area is 117 Å². The lowest BCUT2D eigenvalue weighted by Crippen LogP contribution is -2.37. The first kappa shape index (κ1) is 15.9. The molecule has 20 heavy (non-hydrogen) atoms. The van der Waals surface area contributed by atoms with Gasteiger partial charge in [-0.15, -0.1) is 0 Å². The van der Waals surface area contributed by atoms with Gasteiger partial charge >= 0.3 is 0 Å². The Morgan fingerprint density at radius 2 is 2.15 bits per heavy atom. The highest BCUT2D eigenvalue weighted by Gasteiger charge is 2.05. The molecule has 0 aromatic heterocycles. The van der Waals surface area contributed by atoms with Gasteiger partial charge in [0, 0.05) is 13.1 Å². The Morgan fingerprint density at radius 3 is 2.80 bits per heavy atom. The Hall–Kier alpha value is -2.13. The van der Waals surface area contributed by atoms with Crippen molar-refractivity contribution in [3.05, 3.63) is 30.1 Å². The predicted octanol–water partition coefficient (Wildman–Crippen LogP) is 1.17. The molecule has 1 aromatic carbocycles. The van der Waals surface area contributed by atoms with Gasteiger partial charge in [0.25, 0.3) is 0 Å². The molecule has 0 aliphatic carbocycles. The van der Waals surface area contributed by atoms with E-state index in [9.17, 15) is 9.18 Å². The summed E-state index contributed by atoms with van der Waals surface area (Å²) in [5.41, 5.74) is 0. The Balaban J connectivity index is 2.16. The number of rotatable bonds is 8. The average molecular weight is 279 g/mol. The maximum absolute atomic E-state index is 12.7. The van der Waals surface area contributed by atoms with Crippen LogP contribution in [0.4, 0.5) is 4.39 Å². The molecule has 0 atom stereocenters. The highest BCUT2D eigenvalue weighted by Crippen LogP contribution is 2.10. The molecule has 0 heterocycles. The Kier molecular flexibility index (Phi) is 7.07. The molecule has 1 rings (SSSR count). The summed E-state index contributed by atoms with van der Waals surface area (Å²) in [5.74, 6) is 0.173. The third kappa shape index (κ3) is 6.71. The second kappa shape index (κ2) is 8.88. The molecule has 1 N–H and O–H groups in total. The molecule has 0 bridgehead atoms. The van der Waals surface area contributed by atoms with Crippen molar-refractivity contribution in [2.24, 2.45) is 0 Å². The lowest BCUT2D eigenvalue weighted by molar-refractivity contribution is -0.121. The molecule has 0 saturated heterocycles. The number of amides is 1. The number of carbonyl (C=O) groups excluding carboxylic acids is 1. The fourth-order valence-corrected chi connectivity index (χ4v) is 1.49. The minimum Gasteiger partial charge on any atom is -0.492 e. The minimum atomic E-state index is -0.302. The van der Waals surface area contributed by atoms with Crippen LogP contribution >= 0.6 is 0 Å². The fourth-order valence-electron chi connectivity index (χ4n) is 1.49. The van der Waals surface area contributed by atoms with E-state index in [1.807, 2.05) is 11.0 Å². The SMILES string of the molecule is CN(CCOc1ccc(F)cc1)CC(=O)NCCC#N. The highest BCUT2D eigenvalue weighted by molar-refractivity contribution is 5.77. The lowest BCUT2D eigenvalue weighted by atomic mass is 10.3. The third-order valence-corrected chi connectivity index (χ3v) is 2.53. The maximum atomic E-state index is 12.7. The van der Waals surface area contributed by atoms with E-state index < -0.39 is 0 Å². The summed E-state index contributed by atoms with van der Waals surface area (Å²) < 4.78 is 18.1. The summed E-state index contributed by atoms with van der Waals surface area (Å²) in [6.07, 6.45) is 0.309. The number of nitrogens with zero attached hydrogens (tertiary/aromatic N) is 2. The topological polar surface area (TPSA) is 65.4 Å². The molecule has 0 aliphatic rings. The highest BCUT2D eigenvalue weighted by atomic mass is 19.1. The second-order valence-electron chi connectivity index (χ2n) is 4.30. The minimum absolute atomic E-state index is 0.121. The van der Waals surface area contributed by atoms with Gasteiger partial charge in [-0.2, -0.15) is 5.26 Å². The quantitative estimate of drug-likeness (QED) is 0.725. The summed E-state index contributed by atoms with van der Waals surface area (Å²) in [5, 5.41) is 11.0. The third-order valence-electron chi connectivity index (χ3n) is 2.53. The van der Waals surface area contributed by atoms with E-state index >= 15 is 0 Å². The van der Waals surface area contributed by atoms with Gasteiger partial charge in [0.05, 0.1) is 19.0 Å². The monoisotopic (exact) mass is 279 g/mol. The first-order valence-corrected chi connectivity index (χ1v) is 6.32. The zero-order valence-corrected chi connectivity index (χ0v) is 11.4. The summed E-state index contributed by atoms with van der Waals surface area (Å²) in [4.78, 5) is 13.3. The van der Waals surface area contributed by atoms with Crippen molar-refractivity contribution in [1.29, 1.82) is 5.26 Å². The second-order valence-corrected chi connectivity index (χ2v) is 4.30. The van der Waals surface area contributed by atoms with E-state index in [4.69, 9.17) is 10.00 Å². The standard InChI is InChI=1S/C14H18FN3O2/c1-18(11-14(19)17-8-2-7-16)9-10-20-13-5-3-12(15)4-6-13/h3-6H,2,8-11H2,1H3,(H,17,19). The predicted molar refractivity (Wildman–Crippen MR) is 72.6 cm³/mol. The van der Waals surface area contributed by atoms with Crippen LogP contribution in [0.3, 0.4) is 0 Å². The molecule has 0 fully saturated rings. The molecule has 0 unspecified atom stereocenters. The number of hydrogen-bond acceptors (Lipinski definition) is 4. The normalized spacial score (nSPS) is 10.1. The number of ether oxygens (including phenoxy) is 1. The van der Waals surface area contributed by atoms with Crippen LogP contribution in [0.25, 0.3) is 0 Å². The molecular formula is C14H18FN3O2. The molecular weight excluding hydrogens is 261 g/mol. The van der Waals surface area contributed by atoms with Gasteiger partial charge in [0.1, 0.15) is 18.2 Å². The Bertz CT molecular complexity index is 456. The van der Waals surface area contributed by atoms with Crippen molar-refractivity contribution in [1.82, 2.24) is 10.2 Å². The van der Waals surface area contributed by atoms with Gasteiger partial charge in [-0.1, -0.05) is 0 Å². The zero-order valence-electron chi connectivity index (χ0n) is 11.4. The molecule has 1 amide bonds. The molecule has 108 valence electrons. The smallest absolute Gasteiger partial charge is 0.234 e. The number of halogens is 1. The van der Waals surface area contributed by atoms with Crippen LogP contribution in [0.5, 0.6) is 5.75 Å². The van der Waals surface area contributed by atoms with Crippen molar-refractivity contribution >= 4 is 5.91 Å². The number of nitrogens with one attached hydrogen (secondary N) is 1. The van der Waals surface area contributed by atoms with Gasteiger partial charge < -0.3 is 10.1 Å². The zero-order chi connectivity index (χ0) is 14.8. The molecule has 0 saturated carbocycles. The number of nitriles is 1. The van der Waals surface area contributed by atoms with E-state index in [1.165, 1.54) is 12.1 Å².